The first-order valence-corrected chi connectivity index (χ1v) is 6.37. The van der Waals surface area contributed by atoms with Gasteiger partial charge in [-0.15, -0.1) is 0 Å². The summed E-state index contributed by atoms with van der Waals surface area (Å²) < 4.78 is 7.01. The minimum Gasteiger partial charge on any atom is -0.383 e. The molecule has 0 aliphatic heterocycles. The van der Waals surface area contributed by atoms with Gasteiger partial charge in [-0.3, -0.25) is 4.68 Å². The van der Waals surface area contributed by atoms with Crippen LogP contribution in [0.25, 0.3) is 0 Å². The van der Waals surface area contributed by atoms with Crippen molar-refractivity contribution in [3.63, 3.8) is 0 Å². The summed E-state index contributed by atoms with van der Waals surface area (Å²) >= 11 is 0. The molecule has 0 saturated heterocycles. The quantitative estimate of drug-likeness (QED) is 0.704. The Bertz CT molecular complexity index is 309. The highest BCUT2D eigenvalue weighted by atomic mass is 16.5. The second-order valence-electron chi connectivity index (χ2n) is 4.89. The van der Waals surface area contributed by atoms with Gasteiger partial charge < -0.3 is 10.1 Å². The molecule has 1 unspecified atom stereocenters. The van der Waals surface area contributed by atoms with Gasteiger partial charge in [0.15, 0.2) is 0 Å². The van der Waals surface area contributed by atoms with Gasteiger partial charge in [-0.1, -0.05) is 6.92 Å². The van der Waals surface area contributed by atoms with Crippen molar-refractivity contribution in [2.24, 2.45) is 5.92 Å². The molecule has 4 heteroatoms. The van der Waals surface area contributed by atoms with Crippen LogP contribution >= 0.6 is 0 Å². The van der Waals surface area contributed by atoms with Crippen molar-refractivity contribution in [2.45, 2.75) is 33.2 Å². The maximum atomic E-state index is 4.99. The summed E-state index contributed by atoms with van der Waals surface area (Å²) in [5.74, 6) is 0.599. The third kappa shape index (κ3) is 5.33. The van der Waals surface area contributed by atoms with Gasteiger partial charge >= 0.3 is 0 Å². The Labute approximate surface area is 104 Å². The van der Waals surface area contributed by atoms with E-state index in [0.717, 1.165) is 26.1 Å². The molecular formula is C13H25N3O. The number of rotatable bonds is 8. The Kier molecular flexibility index (Phi) is 6.22. The third-order valence-electron chi connectivity index (χ3n) is 2.73. The van der Waals surface area contributed by atoms with Crippen molar-refractivity contribution < 1.29 is 4.74 Å². The topological polar surface area (TPSA) is 39.1 Å². The highest BCUT2D eigenvalue weighted by Gasteiger charge is 2.07. The summed E-state index contributed by atoms with van der Waals surface area (Å²) in [7, 11) is 1.73. The zero-order valence-corrected chi connectivity index (χ0v) is 11.4. The highest BCUT2D eigenvalue weighted by molar-refractivity contribution is 5.00. The standard InChI is InChI=1S/C13H25N3O/c1-11(2)16-7-5-13(15-16)9-12(3)10-14-6-8-17-4/h5,7,11-12,14H,6,8-10H2,1-4H3. The monoisotopic (exact) mass is 239 g/mol. The predicted octanol–water partition coefficient (Wildman–Crippen LogP) is 1.88. The van der Waals surface area contributed by atoms with Crippen molar-refractivity contribution in [1.82, 2.24) is 15.1 Å². The summed E-state index contributed by atoms with van der Waals surface area (Å²) in [5.41, 5.74) is 1.18. The summed E-state index contributed by atoms with van der Waals surface area (Å²) in [6.07, 6.45) is 3.09. The van der Waals surface area contributed by atoms with Crippen molar-refractivity contribution in [3.8, 4) is 0 Å². The molecule has 0 radical (unpaired) electrons. The van der Waals surface area contributed by atoms with E-state index in [9.17, 15) is 0 Å². The molecule has 1 aromatic rings. The first-order valence-electron chi connectivity index (χ1n) is 6.37. The zero-order chi connectivity index (χ0) is 12.7. The van der Waals surface area contributed by atoms with Crippen LogP contribution in [-0.4, -0.2) is 36.6 Å². The molecule has 1 atom stereocenters. The van der Waals surface area contributed by atoms with Gasteiger partial charge in [-0.05, 0) is 38.8 Å². The molecule has 1 N–H and O–H groups in total. The average molecular weight is 239 g/mol. The largest absolute Gasteiger partial charge is 0.383 e. The lowest BCUT2D eigenvalue weighted by Crippen LogP contribution is -2.25. The van der Waals surface area contributed by atoms with Gasteiger partial charge in [0.05, 0.1) is 12.3 Å². The molecule has 1 aromatic heterocycles. The second-order valence-corrected chi connectivity index (χ2v) is 4.89. The van der Waals surface area contributed by atoms with Crippen LogP contribution in [0.2, 0.25) is 0 Å². The van der Waals surface area contributed by atoms with Gasteiger partial charge in [-0.2, -0.15) is 5.10 Å². The molecule has 98 valence electrons. The molecular weight excluding hydrogens is 214 g/mol. The number of ether oxygens (including phenoxy) is 1. The summed E-state index contributed by atoms with van der Waals surface area (Å²) in [4.78, 5) is 0. The minimum absolute atomic E-state index is 0.443. The third-order valence-corrected chi connectivity index (χ3v) is 2.73. The van der Waals surface area contributed by atoms with Crippen LogP contribution in [0.4, 0.5) is 0 Å². The van der Waals surface area contributed by atoms with Gasteiger partial charge in [0.1, 0.15) is 0 Å². The molecule has 0 aliphatic carbocycles. The minimum atomic E-state index is 0.443. The number of nitrogens with zero attached hydrogens (tertiary/aromatic N) is 2. The summed E-state index contributed by atoms with van der Waals surface area (Å²) in [6.45, 7) is 9.24. The van der Waals surface area contributed by atoms with E-state index >= 15 is 0 Å². The second kappa shape index (κ2) is 7.45. The van der Waals surface area contributed by atoms with Crippen molar-refractivity contribution >= 4 is 0 Å². The van der Waals surface area contributed by atoms with Crippen LogP contribution in [0.15, 0.2) is 12.3 Å². The van der Waals surface area contributed by atoms with E-state index < -0.39 is 0 Å². The highest BCUT2D eigenvalue weighted by Crippen LogP contribution is 2.08. The number of hydrogen-bond donors (Lipinski definition) is 1. The summed E-state index contributed by atoms with van der Waals surface area (Å²) in [5, 5.41) is 7.93. The van der Waals surface area contributed by atoms with Crippen molar-refractivity contribution in [1.29, 1.82) is 0 Å². The fourth-order valence-electron chi connectivity index (χ4n) is 1.73. The lowest BCUT2D eigenvalue weighted by Gasteiger charge is -2.11. The summed E-state index contributed by atoms with van der Waals surface area (Å²) in [6, 6.07) is 2.56. The van der Waals surface area contributed by atoms with Crippen LogP contribution in [0, 0.1) is 5.92 Å². The first kappa shape index (κ1) is 14.2. The smallest absolute Gasteiger partial charge is 0.0627 e. The lowest BCUT2D eigenvalue weighted by atomic mass is 10.1. The fraction of sp³-hybridized carbons (Fsp3) is 0.769. The molecule has 17 heavy (non-hydrogen) atoms. The Balaban J connectivity index is 2.27. The van der Waals surface area contributed by atoms with Crippen LogP contribution < -0.4 is 5.32 Å². The number of hydrogen-bond acceptors (Lipinski definition) is 3. The van der Waals surface area contributed by atoms with E-state index in [2.05, 4.69) is 43.4 Å². The van der Waals surface area contributed by atoms with E-state index in [1.807, 2.05) is 4.68 Å². The Hall–Kier alpha value is -0.870. The Morgan fingerprint density at radius 3 is 2.76 bits per heavy atom. The molecule has 1 heterocycles. The van der Waals surface area contributed by atoms with Crippen molar-refractivity contribution in [2.75, 3.05) is 26.8 Å². The SMILES string of the molecule is COCCNCC(C)Cc1ccn(C(C)C)n1. The molecule has 0 aliphatic rings. The van der Waals surface area contributed by atoms with Gasteiger partial charge in [0, 0.05) is 25.9 Å². The van der Waals surface area contributed by atoms with Gasteiger partial charge in [0.25, 0.3) is 0 Å². The van der Waals surface area contributed by atoms with E-state index in [1.54, 1.807) is 7.11 Å². The fourth-order valence-corrected chi connectivity index (χ4v) is 1.73. The van der Waals surface area contributed by atoms with Crippen LogP contribution in [0.5, 0.6) is 0 Å². The van der Waals surface area contributed by atoms with E-state index in [1.165, 1.54) is 5.69 Å². The number of methoxy groups -OCH3 is 1. The van der Waals surface area contributed by atoms with Gasteiger partial charge in [0.2, 0.25) is 0 Å². The van der Waals surface area contributed by atoms with Crippen LogP contribution in [0.3, 0.4) is 0 Å². The molecule has 0 aromatic carbocycles. The van der Waals surface area contributed by atoms with Crippen LogP contribution in [0.1, 0.15) is 32.5 Å². The maximum absolute atomic E-state index is 4.99. The van der Waals surface area contributed by atoms with E-state index in [4.69, 9.17) is 4.74 Å². The molecule has 0 spiro atoms. The van der Waals surface area contributed by atoms with E-state index in [0.29, 0.717) is 12.0 Å². The Morgan fingerprint density at radius 1 is 1.41 bits per heavy atom. The predicted molar refractivity (Wildman–Crippen MR) is 70.2 cm³/mol. The molecule has 0 bridgehead atoms. The van der Waals surface area contributed by atoms with Gasteiger partial charge in [-0.25, -0.2) is 0 Å². The zero-order valence-electron chi connectivity index (χ0n) is 11.4. The van der Waals surface area contributed by atoms with E-state index in [-0.39, 0.29) is 0 Å². The first-order chi connectivity index (χ1) is 8.13. The maximum Gasteiger partial charge on any atom is 0.0627 e. The molecule has 1 rings (SSSR count). The average Bonchev–Trinajstić information content (AvgIpc) is 2.73. The Morgan fingerprint density at radius 2 is 2.18 bits per heavy atom. The molecule has 0 amide bonds. The lowest BCUT2D eigenvalue weighted by molar-refractivity contribution is 0.198. The van der Waals surface area contributed by atoms with Crippen molar-refractivity contribution in [3.05, 3.63) is 18.0 Å². The number of nitrogens with one attached hydrogen (secondary N) is 1. The van der Waals surface area contributed by atoms with Crippen LogP contribution in [-0.2, 0) is 11.2 Å². The molecule has 4 nitrogen and oxygen atoms in total. The molecule has 0 saturated carbocycles. The number of aromatic nitrogens is 2. The normalized spacial score (nSPS) is 13.2. The molecule has 0 fully saturated rings.